The Kier molecular flexibility index (Phi) is 1.86. The van der Waals surface area contributed by atoms with Crippen molar-refractivity contribution in [3.8, 4) is 0 Å². The van der Waals surface area contributed by atoms with Gasteiger partial charge >= 0.3 is 16.8 Å². The maximum absolute atomic E-state index is 11.3. The molecule has 1 aromatic carbocycles. The van der Waals surface area contributed by atoms with E-state index in [4.69, 9.17) is 0 Å². The number of benzene rings is 1. The van der Waals surface area contributed by atoms with Gasteiger partial charge in [0.25, 0.3) is 0 Å². The Balaban J connectivity index is 2.97. The van der Waals surface area contributed by atoms with E-state index in [9.17, 15) is 20.1 Å². The number of para-hydroxylation sites is 1. The van der Waals surface area contributed by atoms with Gasteiger partial charge in [0.2, 0.25) is 6.20 Å². The maximum atomic E-state index is 11.3. The molecule has 2 rings (SSSR count). The summed E-state index contributed by atoms with van der Waals surface area (Å²) in [5, 5.41) is 21.9. The van der Waals surface area contributed by atoms with E-state index in [1.165, 1.54) is 18.2 Å². The predicted molar refractivity (Wildman–Crippen MR) is 50.2 cm³/mol. The minimum Gasteiger partial charge on any atom is -0.618 e. The van der Waals surface area contributed by atoms with Gasteiger partial charge in [0.1, 0.15) is 5.52 Å². The number of nitro benzene ring substituents is 1. The van der Waals surface area contributed by atoms with Crippen LogP contribution in [0.15, 0.2) is 29.2 Å². The molecule has 0 atom stereocenters. The number of hydrogen-bond donors (Lipinski definition) is 1. The molecule has 1 heterocycles. The molecule has 0 saturated carbocycles. The Morgan fingerprint density at radius 1 is 1.40 bits per heavy atom. The second kappa shape index (κ2) is 3.05. The minimum atomic E-state index is -0.672. The molecule has 0 unspecified atom stereocenters. The summed E-state index contributed by atoms with van der Waals surface area (Å²) < 4.78 is 0.201. The van der Waals surface area contributed by atoms with Gasteiger partial charge in [-0.1, -0.05) is 6.07 Å². The van der Waals surface area contributed by atoms with Crippen molar-refractivity contribution in [1.82, 2.24) is 4.98 Å². The highest BCUT2D eigenvalue weighted by Gasteiger charge is 2.20. The molecule has 15 heavy (non-hydrogen) atoms. The van der Waals surface area contributed by atoms with Crippen molar-refractivity contribution in [3.05, 3.63) is 50.1 Å². The molecule has 2 aromatic rings. The average Bonchev–Trinajstić information content (AvgIpc) is 2.16. The van der Waals surface area contributed by atoms with Crippen LogP contribution in [0.25, 0.3) is 11.0 Å². The molecule has 0 radical (unpaired) electrons. The summed E-state index contributed by atoms with van der Waals surface area (Å²) >= 11 is 0. The van der Waals surface area contributed by atoms with Crippen molar-refractivity contribution in [2.24, 2.45) is 0 Å². The highest BCUT2D eigenvalue weighted by molar-refractivity contribution is 5.80. The Bertz CT molecular complexity index is 604. The van der Waals surface area contributed by atoms with Crippen LogP contribution in [0, 0.1) is 15.3 Å². The molecule has 76 valence electrons. The summed E-state index contributed by atoms with van der Waals surface area (Å²) in [6.45, 7) is 0. The number of hydrogen-bond acceptors (Lipinski definition) is 4. The number of nitrogens with one attached hydrogen (secondary N) is 1. The number of non-ortho nitro benzene ring substituents is 1. The molecule has 1 aromatic heterocycles. The van der Waals surface area contributed by atoms with Gasteiger partial charge in [-0.15, -0.1) is 0 Å². The van der Waals surface area contributed by atoms with Crippen LogP contribution >= 0.6 is 0 Å². The van der Waals surface area contributed by atoms with E-state index in [2.05, 4.69) is 4.98 Å². The topological polar surface area (TPSA) is 103 Å². The monoisotopic (exact) mass is 207 g/mol. The van der Waals surface area contributed by atoms with Crippen molar-refractivity contribution in [2.45, 2.75) is 0 Å². The van der Waals surface area contributed by atoms with E-state index in [1.54, 1.807) is 0 Å². The minimum absolute atomic E-state index is 0.145. The fraction of sp³-hybridized carbons (Fsp3) is 0. The summed E-state index contributed by atoms with van der Waals surface area (Å²) in [6.07, 6.45) is 0.718. The largest absolute Gasteiger partial charge is 0.618 e. The number of fused-ring (bicyclic) bond motifs is 1. The second-order valence-corrected chi connectivity index (χ2v) is 2.87. The van der Waals surface area contributed by atoms with Crippen molar-refractivity contribution in [3.63, 3.8) is 0 Å². The maximum Gasteiger partial charge on any atom is 0.343 e. The molecule has 0 saturated heterocycles. The summed E-state index contributed by atoms with van der Waals surface area (Å²) in [5.74, 6) is 0. The Hall–Kier alpha value is -2.44. The van der Waals surface area contributed by atoms with Gasteiger partial charge in [-0.05, 0) is 6.07 Å². The fourth-order valence-corrected chi connectivity index (χ4v) is 1.35. The highest BCUT2D eigenvalue weighted by Crippen LogP contribution is 2.18. The van der Waals surface area contributed by atoms with Crippen LogP contribution in [0.5, 0.6) is 0 Å². The molecular weight excluding hydrogens is 202 g/mol. The molecule has 0 amide bonds. The van der Waals surface area contributed by atoms with E-state index in [1.807, 2.05) is 0 Å². The van der Waals surface area contributed by atoms with E-state index in [0.29, 0.717) is 0 Å². The normalized spacial score (nSPS) is 10.4. The third kappa shape index (κ3) is 1.39. The number of aromatic nitrogens is 2. The van der Waals surface area contributed by atoms with Crippen LogP contribution < -0.4 is 10.3 Å². The van der Waals surface area contributed by atoms with Crippen LogP contribution in [-0.2, 0) is 0 Å². The van der Waals surface area contributed by atoms with Gasteiger partial charge < -0.3 is 10.2 Å². The molecule has 0 spiro atoms. The van der Waals surface area contributed by atoms with Crippen molar-refractivity contribution < 1.29 is 9.65 Å². The molecule has 7 heteroatoms. The van der Waals surface area contributed by atoms with Crippen molar-refractivity contribution in [2.75, 3.05) is 0 Å². The molecule has 0 bridgehead atoms. The lowest BCUT2D eigenvalue weighted by Crippen LogP contribution is -2.33. The lowest BCUT2D eigenvalue weighted by molar-refractivity contribution is -0.581. The first kappa shape index (κ1) is 9.13. The Labute approximate surface area is 82.3 Å². The van der Waals surface area contributed by atoms with Crippen molar-refractivity contribution in [1.29, 1.82) is 0 Å². The van der Waals surface area contributed by atoms with Gasteiger partial charge in [-0.25, -0.2) is 0 Å². The molecule has 1 N–H and O–H groups in total. The Morgan fingerprint density at radius 2 is 2.13 bits per heavy atom. The number of nitrogens with zero attached hydrogens (tertiary/aromatic N) is 2. The van der Waals surface area contributed by atoms with Crippen LogP contribution in [0.1, 0.15) is 0 Å². The molecule has 0 aliphatic rings. The molecule has 0 aliphatic heterocycles. The standard InChI is InChI=1S/C8H5N3O4/c12-7-4-10(13)8-5(9-7)2-1-3-6(8)11(14)15/h1-4H,(H,9,12). The molecule has 7 nitrogen and oxygen atoms in total. The van der Waals surface area contributed by atoms with Gasteiger partial charge in [0, 0.05) is 6.07 Å². The van der Waals surface area contributed by atoms with E-state index in [0.717, 1.165) is 6.20 Å². The Morgan fingerprint density at radius 3 is 2.80 bits per heavy atom. The quantitative estimate of drug-likeness (QED) is 0.309. The van der Waals surface area contributed by atoms with Crippen LogP contribution in [0.2, 0.25) is 0 Å². The summed E-state index contributed by atoms with van der Waals surface area (Å²) in [4.78, 5) is 23.2. The first-order valence-corrected chi connectivity index (χ1v) is 3.99. The first-order valence-electron chi connectivity index (χ1n) is 3.99. The third-order valence-electron chi connectivity index (χ3n) is 1.92. The van der Waals surface area contributed by atoms with Gasteiger partial charge in [-0.3, -0.25) is 14.9 Å². The van der Waals surface area contributed by atoms with Crippen LogP contribution in [-0.4, -0.2) is 9.91 Å². The molecule has 0 fully saturated rings. The van der Waals surface area contributed by atoms with Gasteiger partial charge in [0.15, 0.2) is 0 Å². The van der Waals surface area contributed by atoms with E-state index >= 15 is 0 Å². The molecule has 0 aliphatic carbocycles. The number of nitro groups is 1. The van der Waals surface area contributed by atoms with Gasteiger partial charge in [0.05, 0.1) is 4.92 Å². The number of aromatic amines is 1. The second-order valence-electron chi connectivity index (χ2n) is 2.87. The number of rotatable bonds is 1. The van der Waals surface area contributed by atoms with E-state index in [-0.39, 0.29) is 21.5 Å². The summed E-state index contributed by atoms with van der Waals surface area (Å²) in [5.41, 5.74) is -0.939. The zero-order valence-corrected chi connectivity index (χ0v) is 7.34. The zero-order chi connectivity index (χ0) is 11.0. The van der Waals surface area contributed by atoms with E-state index < -0.39 is 10.5 Å². The summed E-state index contributed by atoms with van der Waals surface area (Å²) in [7, 11) is 0. The fourth-order valence-electron chi connectivity index (χ4n) is 1.35. The number of H-pyrrole nitrogens is 1. The van der Waals surface area contributed by atoms with Crippen LogP contribution in [0.3, 0.4) is 0 Å². The lowest BCUT2D eigenvalue weighted by Gasteiger charge is -2.00. The predicted octanol–water partition coefficient (Wildman–Crippen LogP) is 0.0697. The highest BCUT2D eigenvalue weighted by atomic mass is 16.6. The summed E-state index contributed by atoms with van der Waals surface area (Å²) in [6, 6.07) is 4.03. The third-order valence-corrected chi connectivity index (χ3v) is 1.92. The average molecular weight is 207 g/mol. The zero-order valence-electron chi connectivity index (χ0n) is 7.34. The SMILES string of the molecule is O=c1c[n+]([O-])c2c([N+](=O)[O-])cccc2[nH]1. The van der Waals surface area contributed by atoms with Crippen LogP contribution in [0.4, 0.5) is 5.69 Å². The molecular formula is C8H5N3O4. The smallest absolute Gasteiger partial charge is 0.343 e. The van der Waals surface area contributed by atoms with Gasteiger partial charge in [-0.2, -0.15) is 4.73 Å². The first-order chi connectivity index (χ1) is 7.09. The lowest BCUT2D eigenvalue weighted by atomic mass is 10.2. The van der Waals surface area contributed by atoms with Crippen molar-refractivity contribution >= 4 is 16.7 Å².